The van der Waals surface area contributed by atoms with E-state index in [-0.39, 0.29) is 29.3 Å². The number of esters is 1. The molecule has 0 bridgehead atoms. The van der Waals surface area contributed by atoms with E-state index in [9.17, 15) is 15.0 Å². The van der Waals surface area contributed by atoms with Crippen LogP contribution in [0.3, 0.4) is 0 Å². The molecule has 4 heteroatoms. The number of aromatic hydroxyl groups is 2. The first kappa shape index (κ1) is 14.4. The number of carbonyl (C=O) groups excluding carboxylic acids is 1. The molecule has 2 aromatic rings. The Morgan fingerprint density at radius 3 is 2.14 bits per heavy atom. The van der Waals surface area contributed by atoms with Crippen molar-refractivity contribution >= 4 is 5.97 Å². The number of rotatable bonds is 4. The molecular formula is C18H18O4. The van der Waals surface area contributed by atoms with Crippen molar-refractivity contribution < 1.29 is 19.7 Å². The standard InChI is InChI=1S/C18H18O4/c19-15-5-1-3-12(8-15)7-14-11-22-18(21)17(14)10-13-4-2-6-16(20)9-13/h1-6,8-9,14,17,19-20H,7,10-11H2/t14?,17-/m0/s1/i11+1,17+1,18+1. The molecule has 22 heavy (non-hydrogen) atoms. The van der Waals surface area contributed by atoms with Crippen molar-refractivity contribution in [2.45, 2.75) is 12.8 Å². The van der Waals surface area contributed by atoms with Gasteiger partial charge in [-0.3, -0.25) is 4.79 Å². The molecule has 2 aromatic carbocycles. The van der Waals surface area contributed by atoms with Crippen LogP contribution in [0.5, 0.6) is 11.5 Å². The van der Waals surface area contributed by atoms with Gasteiger partial charge >= 0.3 is 5.97 Å². The normalized spacial score (nSPS) is 20.8. The van der Waals surface area contributed by atoms with E-state index >= 15 is 0 Å². The van der Waals surface area contributed by atoms with Gasteiger partial charge in [0.15, 0.2) is 0 Å². The molecule has 1 aliphatic heterocycles. The van der Waals surface area contributed by atoms with E-state index < -0.39 is 0 Å². The summed E-state index contributed by atoms with van der Waals surface area (Å²) in [6.45, 7) is 0.401. The van der Waals surface area contributed by atoms with Gasteiger partial charge in [-0.25, -0.2) is 0 Å². The Kier molecular flexibility index (Phi) is 4.00. The molecule has 1 fully saturated rings. The van der Waals surface area contributed by atoms with Gasteiger partial charge in [-0.05, 0) is 48.2 Å². The number of hydrogen-bond acceptors (Lipinski definition) is 4. The van der Waals surface area contributed by atoms with Crippen LogP contribution in [0.25, 0.3) is 0 Å². The smallest absolute Gasteiger partial charge is 0.309 e. The van der Waals surface area contributed by atoms with E-state index in [2.05, 4.69) is 0 Å². The molecule has 2 N–H and O–H groups in total. The Morgan fingerprint density at radius 1 is 0.955 bits per heavy atom. The van der Waals surface area contributed by atoms with E-state index in [1.54, 1.807) is 36.4 Å². The average molecular weight is 301 g/mol. The van der Waals surface area contributed by atoms with Crippen molar-refractivity contribution in [3.8, 4) is 11.5 Å². The highest BCUT2D eigenvalue weighted by Crippen LogP contribution is 2.30. The first-order chi connectivity index (χ1) is 10.6. The van der Waals surface area contributed by atoms with Crippen LogP contribution in [0.4, 0.5) is 0 Å². The van der Waals surface area contributed by atoms with Crippen molar-refractivity contribution in [3.05, 3.63) is 59.7 Å². The van der Waals surface area contributed by atoms with Gasteiger partial charge in [-0.2, -0.15) is 0 Å². The van der Waals surface area contributed by atoms with Crippen LogP contribution in [-0.4, -0.2) is 22.8 Å². The number of phenolic OH excluding ortho intramolecular Hbond substituents is 2. The van der Waals surface area contributed by atoms with Gasteiger partial charge < -0.3 is 14.9 Å². The molecule has 1 unspecified atom stereocenters. The van der Waals surface area contributed by atoms with Crippen molar-refractivity contribution in [3.63, 3.8) is 0 Å². The summed E-state index contributed by atoms with van der Waals surface area (Å²) in [7, 11) is 0. The maximum atomic E-state index is 12.0. The van der Waals surface area contributed by atoms with Gasteiger partial charge in [0, 0.05) is 5.92 Å². The Morgan fingerprint density at radius 2 is 1.55 bits per heavy atom. The zero-order chi connectivity index (χ0) is 15.5. The molecule has 0 aromatic heterocycles. The highest BCUT2D eigenvalue weighted by Gasteiger charge is 2.36. The molecule has 0 aliphatic carbocycles. The minimum Gasteiger partial charge on any atom is -0.508 e. The molecular weight excluding hydrogens is 283 g/mol. The van der Waals surface area contributed by atoms with Crippen LogP contribution < -0.4 is 0 Å². The number of hydrogen-bond donors (Lipinski definition) is 2. The summed E-state index contributed by atoms with van der Waals surface area (Å²) in [5, 5.41) is 19.1. The minimum absolute atomic E-state index is 0.0802. The van der Waals surface area contributed by atoms with Crippen molar-refractivity contribution in [2.75, 3.05) is 6.61 Å². The van der Waals surface area contributed by atoms with E-state index in [0.717, 1.165) is 11.1 Å². The summed E-state index contributed by atoms with van der Waals surface area (Å²) < 4.78 is 5.22. The lowest BCUT2D eigenvalue weighted by molar-refractivity contribution is -0.141. The molecule has 4 nitrogen and oxygen atoms in total. The van der Waals surface area contributed by atoms with Gasteiger partial charge in [0.2, 0.25) is 0 Å². The molecule has 1 saturated heterocycles. The highest BCUT2D eigenvalue weighted by atomic mass is 16.7. The molecule has 0 spiro atoms. The summed E-state index contributed by atoms with van der Waals surface area (Å²) in [6, 6.07) is 14.0. The van der Waals surface area contributed by atoms with Crippen LogP contribution in [0.1, 0.15) is 11.1 Å². The van der Waals surface area contributed by atoms with Crippen molar-refractivity contribution in [1.29, 1.82) is 0 Å². The van der Waals surface area contributed by atoms with Crippen molar-refractivity contribution in [1.82, 2.24) is 0 Å². The highest BCUT2D eigenvalue weighted by molar-refractivity contribution is 5.75. The summed E-state index contributed by atoms with van der Waals surface area (Å²) in [5.41, 5.74) is 1.91. The van der Waals surface area contributed by atoms with Crippen LogP contribution in [0, 0.1) is 11.8 Å². The molecule has 0 saturated carbocycles. The third-order valence-corrected chi connectivity index (χ3v) is 4.09. The van der Waals surface area contributed by atoms with Gasteiger partial charge in [-0.15, -0.1) is 0 Å². The summed E-state index contributed by atoms with van der Waals surface area (Å²) >= 11 is 0. The zero-order valence-electron chi connectivity index (χ0n) is 12.1. The second-order valence-electron chi connectivity index (χ2n) is 5.74. The SMILES string of the molecule is O=[13C]1O[13CH2]C(Cc2cccc(O)c2)[13C@@H]1Cc1cccc(O)c1. The third-order valence-electron chi connectivity index (χ3n) is 4.09. The largest absolute Gasteiger partial charge is 0.508 e. The van der Waals surface area contributed by atoms with E-state index in [1.165, 1.54) is 0 Å². The zero-order valence-corrected chi connectivity index (χ0v) is 12.1. The Hall–Kier alpha value is -2.49. The third kappa shape index (κ3) is 3.22. The number of ether oxygens (including phenoxy) is 1. The Labute approximate surface area is 129 Å². The fourth-order valence-electron chi connectivity index (χ4n) is 2.98. The Bertz CT molecular complexity index is 680. The van der Waals surface area contributed by atoms with Crippen LogP contribution in [0.15, 0.2) is 48.5 Å². The lowest BCUT2D eigenvalue weighted by Gasteiger charge is -2.15. The second kappa shape index (κ2) is 6.10. The van der Waals surface area contributed by atoms with E-state index in [4.69, 9.17) is 4.74 Å². The second-order valence-corrected chi connectivity index (χ2v) is 5.74. The van der Waals surface area contributed by atoms with Gasteiger partial charge in [0.1, 0.15) is 11.5 Å². The van der Waals surface area contributed by atoms with Crippen LogP contribution >= 0.6 is 0 Å². The lowest BCUT2D eigenvalue weighted by atomic mass is 10.0. The minimum atomic E-state index is -0.218. The predicted molar refractivity (Wildman–Crippen MR) is 81.6 cm³/mol. The monoisotopic (exact) mass is 301 g/mol. The molecule has 0 radical (unpaired) electrons. The van der Waals surface area contributed by atoms with Gasteiger partial charge in [-0.1, -0.05) is 24.3 Å². The van der Waals surface area contributed by atoms with Crippen LogP contribution in [-0.2, 0) is 22.4 Å². The Balaban J connectivity index is 1.74. The molecule has 1 heterocycles. The topological polar surface area (TPSA) is 66.8 Å². The molecule has 3 rings (SSSR count). The summed E-state index contributed by atoms with van der Waals surface area (Å²) in [5.74, 6) is 0.106. The maximum Gasteiger partial charge on any atom is 0.309 e. The van der Waals surface area contributed by atoms with Crippen LogP contribution in [0.2, 0.25) is 0 Å². The molecule has 0 amide bonds. The van der Waals surface area contributed by atoms with E-state index in [1.807, 2.05) is 12.1 Å². The van der Waals surface area contributed by atoms with E-state index in [0.29, 0.717) is 19.4 Å². The van der Waals surface area contributed by atoms with Gasteiger partial charge in [0.25, 0.3) is 0 Å². The quantitative estimate of drug-likeness (QED) is 0.673. The molecule has 1 aliphatic rings. The summed E-state index contributed by atoms with van der Waals surface area (Å²) in [6.07, 6.45) is 1.24. The number of phenols is 2. The number of cyclic esters (lactones) is 1. The first-order valence-electron chi connectivity index (χ1n) is 7.34. The number of benzene rings is 2. The number of carbonyl (C=O) groups is 1. The van der Waals surface area contributed by atoms with Gasteiger partial charge in [0.05, 0.1) is 12.5 Å². The lowest BCUT2D eigenvalue weighted by Crippen LogP contribution is -2.20. The average Bonchev–Trinajstić information content (AvgIpc) is 2.80. The first-order valence-corrected chi connectivity index (χ1v) is 7.34. The predicted octanol–water partition coefficient (Wildman–Crippen LogP) is 2.67. The summed E-state index contributed by atoms with van der Waals surface area (Å²) in [4.78, 5) is 12.0. The fraction of sp³-hybridized carbons (Fsp3) is 0.278. The fourth-order valence-corrected chi connectivity index (χ4v) is 2.98. The molecule has 114 valence electrons. The maximum absolute atomic E-state index is 12.0. The molecule has 2 atom stereocenters. The van der Waals surface area contributed by atoms with Crippen molar-refractivity contribution in [2.24, 2.45) is 11.8 Å².